The van der Waals surface area contributed by atoms with E-state index in [0.717, 1.165) is 6.07 Å². The van der Waals surface area contributed by atoms with E-state index in [4.69, 9.17) is 15.2 Å². The average molecular weight is 556 g/mol. The Balaban J connectivity index is 1.15. The van der Waals surface area contributed by atoms with Gasteiger partial charge in [-0.25, -0.2) is 35.9 Å². The second kappa shape index (κ2) is 10.9. The Morgan fingerprint density at radius 3 is 2.39 bits per heavy atom. The maximum Gasteiger partial charge on any atom is 0.225 e. The first-order chi connectivity index (χ1) is 18.1. The standard InChI is InChI=1S/C25H32F3N5O4S/c1-15(16-2-5-33(6-3-16)38(34,35)18-4-7-36-14-18)37-17-10-30-25(31-11-17)32-12-20(24(29)13-32)19-8-22(27)23(28)9-21(19)26/h8-11,15-16,18,20,24H,2-7,12-14,29H2,1H3/t15-,18?,20+,24?/m0/s1. The lowest BCUT2D eigenvalue weighted by atomic mass is 9.93. The summed E-state index contributed by atoms with van der Waals surface area (Å²) in [6.07, 6.45) is 4.88. The second-order valence-electron chi connectivity index (χ2n) is 10.3. The van der Waals surface area contributed by atoms with Crippen LogP contribution < -0.4 is 15.4 Å². The Bertz CT molecular complexity index is 1240. The quantitative estimate of drug-likeness (QED) is 0.519. The molecule has 0 saturated carbocycles. The number of benzene rings is 1. The number of nitrogens with zero attached hydrogens (tertiary/aromatic N) is 4. The molecule has 0 amide bonds. The molecule has 208 valence electrons. The Morgan fingerprint density at radius 2 is 1.74 bits per heavy atom. The van der Waals surface area contributed by atoms with Gasteiger partial charge in [-0.2, -0.15) is 0 Å². The summed E-state index contributed by atoms with van der Waals surface area (Å²) in [6.45, 7) is 4.22. The number of ether oxygens (including phenoxy) is 2. The fraction of sp³-hybridized carbons (Fsp3) is 0.600. The van der Waals surface area contributed by atoms with Gasteiger partial charge in [0, 0.05) is 50.8 Å². The lowest BCUT2D eigenvalue weighted by Gasteiger charge is -2.35. The molecule has 38 heavy (non-hydrogen) atoms. The van der Waals surface area contributed by atoms with E-state index >= 15 is 0 Å². The topological polar surface area (TPSA) is 111 Å². The highest BCUT2D eigenvalue weighted by Gasteiger charge is 2.38. The fourth-order valence-corrected chi connectivity index (χ4v) is 7.35. The van der Waals surface area contributed by atoms with E-state index < -0.39 is 44.7 Å². The van der Waals surface area contributed by atoms with Crippen molar-refractivity contribution in [2.45, 2.75) is 49.5 Å². The molecule has 0 bridgehead atoms. The van der Waals surface area contributed by atoms with E-state index in [2.05, 4.69) is 9.97 Å². The second-order valence-corrected chi connectivity index (χ2v) is 12.5. The zero-order valence-electron chi connectivity index (χ0n) is 21.1. The molecule has 3 aliphatic heterocycles. The Kier molecular flexibility index (Phi) is 7.81. The van der Waals surface area contributed by atoms with Crippen LogP contribution >= 0.6 is 0 Å². The Labute approximate surface area is 220 Å². The molecule has 13 heteroatoms. The number of hydrogen-bond acceptors (Lipinski definition) is 8. The van der Waals surface area contributed by atoms with E-state index in [-0.39, 0.29) is 30.7 Å². The van der Waals surface area contributed by atoms with Crippen LogP contribution in [0.25, 0.3) is 0 Å². The molecular weight excluding hydrogens is 523 g/mol. The summed E-state index contributed by atoms with van der Waals surface area (Å²) in [7, 11) is -3.34. The van der Waals surface area contributed by atoms with Crippen LogP contribution in [0, 0.1) is 23.4 Å². The van der Waals surface area contributed by atoms with Crippen LogP contribution in [-0.2, 0) is 14.8 Å². The first-order valence-corrected chi connectivity index (χ1v) is 14.3. The van der Waals surface area contributed by atoms with Gasteiger partial charge in [-0.15, -0.1) is 0 Å². The molecule has 4 atom stereocenters. The molecule has 2 N–H and O–H groups in total. The smallest absolute Gasteiger partial charge is 0.225 e. The Morgan fingerprint density at radius 1 is 1.05 bits per heavy atom. The summed E-state index contributed by atoms with van der Waals surface area (Å²) in [5.41, 5.74) is 6.22. The zero-order valence-corrected chi connectivity index (χ0v) is 21.9. The summed E-state index contributed by atoms with van der Waals surface area (Å²) < 4.78 is 79.8. The molecule has 9 nitrogen and oxygen atoms in total. The molecule has 3 aliphatic rings. The third-order valence-corrected chi connectivity index (χ3v) is 10.2. The molecule has 0 spiro atoms. The van der Waals surface area contributed by atoms with Crippen molar-refractivity contribution in [2.75, 3.05) is 44.3 Å². The molecular formula is C25H32F3N5O4S. The van der Waals surface area contributed by atoms with Crippen molar-refractivity contribution in [1.82, 2.24) is 14.3 Å². The van der Waals surface area contributed by atoms with Crippen LogP contribution in [0.5, 0.6) is 5.75 Å². The SMILES string of the molecule is C[C@H](Oc1cnc(N2CC(N)[C@@H](c3cc(F)c(F)cc3F)C2)nc1)C1CCN(S(=O)(=O)C2CCOC2)CC1. The third kappa shape index (κ3) is 5.47. The monoisotopic (exact) mass is 555 g/mol. The lowest BCUT2D eigenvalue weighted by molar-refractivity contribution is 0.110. The molecule has 5 rings (SSSR count). The largest absolute Gasteiger partial charge is 0.487 e. The number of rotatable bonds is 7. The van der Waals surface area contributed by atoms with Crippen LogP contribution in [0.4, 0.5) is 19.1 Å². The van der Waals surface area contributed by atoms with Crippen LogP contribution in [0.15, 0.2) is 24.5 Å². The maximum atomic E-state index is 14.3. The first kappa shape index (κ1) is 27.1. The van der Waals surface area contributed by atoms with E-state index in [1.54, 1.807) is 21.6 Å². The summed E-state index contributed by atoms with van der Waals surface area (Å²) in [5.74, 6) is -2.69. The van der Waals surface area contributed by atoms with Crippen molar-refractivity contribution in [3.8, 4) is 5.75 Å². The van der Waals surface area contributed by atoms with Crippen molar-refractivity contribution >= 4 is 16.0 Å². The number of hydrogen-bond donors (Lipinski definition) is 1. The van der Waals surface area contributed by atoms with Gasteiger partial charge in [-0.3, -0.25) is 0 Å². The molecule has 1 aromatic carbocycles. The number of aromatic nitrogens is 2. The highest BCUT2D eigenvalue weighted by atomic mass is 32.2. The minimum Gasteiger partial charge on any atom is -0.487 e. The highest BCUT2D eigenvalue weighted by Crippen LogP contribution is 2.32. The van der Waals surface area contributed by atoms with E-state index in [1.165, 1.54) is 0 Å². The van der Waals surface area contributed by atoms with Crippen LogP contribution in [0.3, 0.4) is 0 Å². The highest BCUT2D eigenvalue weighted by molar-refractivity contribution is 7.89. The lowest BCUT2D eigenvalue weighted by Crippen LogP contribution is -2.45. The summed E-state index contributed by atoms with van der Waals surface area (Å²) in [4.78, 5) is 10.5. The van der Waals surface area contributed by atoms with Crippen molar-refractivity contribution in [3.63, 3.8) is 0 Å². The minimum absolute atomic E-state index is 0.0306. The molecule has 2 aromatic rings. The van der Waals surface area contributed by atoms with Gasteiger partial charge in [0.15, 0.2) is 17.4 Å². The molecule has 2 unspecified atom stereocenters. The summed E-state index contributed by atoms with van der Waals surface area (Å²) in [5, 5.41) is -0.445. The van der Waals surface area contributed by atoms with Crippen molar-refractivity contribution in [2.24, 2.45) is 11.7 Å². The number of anilines is 1. The minimum atomic E-state index is -3.34. The zero-order chi connectivity index (χ0) is 27.0. The molecule has 0 radical (unpaired) electrons. The number of sulfonamides is 1. The van der Waals surface area contributed by atoms with Crippen LogP contribution in [0.2, 0.25) is 0 Å². The summed E-state index contributed by atoms with van der Waals surface area (Å²) in [6, 6.07) is 0.891. The third-order valence-electron chi connectivity index (χ3n) is 7.85. The van der Waals surface area contributed by atoms with Crippen molar-refractivity contribution in [3.05, 3.63) is 47.5 Å². The van der Waals surface area contributed by atoms with Gasteiger partial charge in [0.25, 0.3) is 0 Å². The first-order valence-electron chi connectivity index (χ1n) is 12.8. The van der Waals surface area contributed by atoms with Crippen LogP contribution in [0.1, 0.15) is 37.7 Å². The van der Waals surface area contributed by atoms with Gasteiger partial charge in [0.05, 0.1) is 25.1 Å². The van der Waals surface area contributed by atoms with Gasteiger partial charge < -0.3 is 20.1 Å². The number of halogens is 3. The summed E-state index contributed by atoms with van der Waals surface area (Å²) >= 11 is 0. The van der Waals surface area contributed by atoms with Gasteiger partial charge in [0.2, 0.25) is 16.0 Å². The molecule has 0 aliphatic carbocycles. The van der Waals surface area contributed by atoms with Gasteiger partial charge >= 0.3 is 0 Å². The Hall–Kier alpha value is -2.48. The van der Waals surface area contributed by atoms with Gasteiger partial charge in [0.1, 0.15) is 11.1 Å². The average Bonchev–Trinajstić information content (AvgIpc) is 3.58. The molecule has 1 aromatic heterocycles. The van der Waals surface area contributed by atoms with Crippen molar-refractivity contribution < 1.29 is 31.1 Å². The maximum absolute atomic E-state index is 14.3. The van der Waals surface area contributed by atoms with E-state index in [9.17, 15) is 21.6 Å². The number of nitrogens with two attached hydrogens (primary N) is 1. The predicted octanol–water partition coefficient (Wildman–Crippen LogP) is 2.42. The van der Waals surface area contributed by atoms with E-state index in [0.29, 0.717) is 63.3 Å². The molecule has 4 heterocycles. The van der Waals surface area contributed by atoms with Gasteiger partial charge in [-0.1, -0.05) is 0 Å². The molecule has 3 saturated heterocycles. The predicted molar refractivity (Wildman–Crippen MR) is 134 cm³/mol. The fourth-order valence-electron chi connectivity index (χ4n) is 5.55. The molecule has 3 fully saturated rings. The number of piperidine rings is 1. The van der Waals surface area contributed by atoms with Gasteiger partial charge in [-0.05, 0) is 43.7 Å². The van der Waals surface area contributed by atoms with Crippen molar-refractivity contribution in [1.29, 1.82) is 0 Å². The van der Waals surface area contributed by atoms with Crippen LogP contribution in [-0.4, -0.2) is 79.5 Å². The van der Waals surface area contributed by atoms with E-state index in [1.807, 2.05) is 6.92 Å². The normalized spacial score (nSPS) is 26.1.